The summed E-state index contributed by atoms with van der Waals surface area (Å²) in [5.41, 5.74) is -0.314. The molecule has 1 saturated heterocycles. The second kappa shape index (κ2) is 6.97. The number of hydrogen-bond donors (Lipinski definition) is 2. The lowest BCUT2D eigenvalue weighted by molar-refractivity contribution is -0.135. The summed E-state index contributed by atoms with van der Waals surface area (Å²) in [6.45, 7) is 1.52. The number of imide groups is 1. The largest absolute Gasteiger partial charge is 0.382 e. The van der Waals surface area contributed by atoms with Gasteiger partial charge in [0.25, 0.3) is 5.91 Å². The van der Waals surface area contributed by atoms with Gasteiger partial charge >= 0.3 is 6.03 Å². The zero-order chi connectivity index (χ0) is 17.0. The maximum absolute atomic E-state index is 12.2. The lowest BCUT2D eigenvalue weighted by Crippen LogP contribution is -2.48. The molecule has 0 spiro atoms. The number of amides is 4. The van der Waals surface area contributed by atoms with Crippen LogP contribution in [0.5, 0.6) is 0 Å². The van der Waals surface area contributed by atoms with Crippen molar-refractivity contribution in [2.45, 2.75) is 19.0 Å². The summed E-state index contributed by atoms with van der Waals surface area (Å²) in [6, 6.07) is 6.45. The maximum Gasteiger partial charge on any atom is 0.325 e. The summed E-state index contributed by atoms with van der Waals surface area (Å²) in [6.07, 6.45) is 0. The molecule has 4 amide bonds. The Bertz CT molecular complexity index is 637. The Morgan fingerprint density at radius 1 is 1.43 bits per heavy atom. The number of halogens is 1. The van der Waals surface area contributed by atoms with Crippen LogP contribution in [0, 0.1) is 0 Å². The number of carbonyl (C=O) groups is 3. The van der Waals surface area contributed by atoms with Gasteiger partial charge in [0.1, 0.15) is 12.1 Å². The molecule has 0 aliphatic carbocycles. The molecule has 1 aliphatic heterocycles. The summed E-state index contributed by atoms with van der Waals surface area (Å²) in [4.78, 5) is 37.0. The van der Waals surface area contributed by atoms with Crippen molar-refractivity contribution in [2.75, 3.05) is 20.3 Å². The van der Waals surface area contributed by atoms with E-state index in [0.717, 1.165) is 10.5 Å². The van der Waals surface area contributed by atoms with Gasteiger partial charge in [-0.25, -0.2) is 4.79 Å². The Hall–Kier alpha value is -2.12. The fourth-order valence-corrected chi connectivity index (χ4v) is 2.54. The number of rotatable bonds is 6. The average Bonchev–Trinajstić information content (AvgIpc) is 2.69. The zero-order valence-electron chi connectivity index (χ0n) is 12.9. The smallest absolute Gasteiger partial charge is 0.325 e. The monoisotopic (exact) mass is 339 g/mol. The van der Waals surface area contributed by atoms with Crippen molar-refractivity contribution in [3.8, 4) is 0 Å². The molecule has 124 valence electrons. The van der Waals surface area contributed by atoms with E-state index in [-0.39, 0.29) is 19.7 Å². The number of hydrogen-bond acceptors (Lipinski definition) is 4. The highest BCUT2D eigenvalue weighted by Gasteiger charge is 2.48. The molecule has 0 unspecified atom stereocenters. The first-order chi connectivity index (χ1) is 10.9. The van der Waals surface area contributed by atoms with Crippen LogP contribution in [-0.2, 0) is 20.9 Å². The van der Waals surface area contributed by atoms with Crippen molar-refractivity contribution >= 4 is 29.4 Å². The topological polar surface area (TPSA) is 87.7 Å². The van der Waals surface area contributed by atoms with Gasteiger partial charge in [0, 0.05) is 18.7 Å². The van der Waals surface area contributed by atoms with Crippen LogP contribution < -0.4 is 10.6 Å². The molecule has 8 heteroatoms. The molecule has 1 atom stereocenters. The van der Waals surface area contributed by atoms with Crippen LogP contribution in [0.1, 0.15) is 12.5 Å². The lowest BCUT2D eigenvalue weighted by atomic mass is 10.0. The van der Waals surface area contributed by atoms with Crippen LogP contribution in [0.15, 0.2) is 24.3 Å². The SMILES string of the molecule is COC[C@@]1(C)NC(=O)N(CC(=O)NCc2cccc(Cl)c2)C1=O. The van der Waals surface area contributed by atoms with Crippen molar-refractivity contribution in [3.05, 3.63) is 34.9 Å². The summed E-state index contributed by atoms with van der Waals surface area (Å²) >= 11 is 5.87. The highest BCUT2D eigenvalue weighted by molar-refractivity contribution is 6.30. The third-order valence-corrected chi connectivity index (χ3v) is 3.69. The second-order valence-electron chi connectivity index (χ2n) is 5.49. The molecule has 7 nitrogen and oxygen atoms in total. The zero-order valence-corrected chi connectivity index (χ0v) is 13.6. The van der Waals surface area contributed by atoms with Crippen LogP contribution in [-0.4, -0.2) is 48.5 Å². The van der Waals surface area contributed by atoms with E-state index in [2.05, 4.69) is 10.6 Å². The minimum absolute atomic E-state index is 0.0399. The Kier molecular flexibility index (Phi) is 5.23. The van der Waals surface area contributed by atoms with Gasteiger partial charge in [-0.1, -0.05) is 23.7 Å². The van der Waals surface area contributed by atoms with Gasteiger partial charge in [0.05, 0.1) is 6.61 Å². The number of nitrogens with zero attached hydrogens (tertiary/aromatic N) is 1. The average molecular weight is 340 g/mol. The normalized spacial score (nSPS) is 20.6. The third kappa shape index (κ3) is 4.00. The van der Waals surface area contributed by atoms with Crippen LogP contribution in [0.4, 0.5) is 4.79 Å². The molecule has 1 fully saturated rings. The van der Waals surface area contributed by atoms with Crippen molar-refractivity contribution < 1.29 is 19.1 Å². The Balaban J connectivity index is 1.92. The van der Waals surface area contributed by atoms with Crippen LogP contribution in [0.25, 0.3) is 0 Å². The first-order valence-corrected chi connectivity index (χ1v) is 7.38. The fourth-order valence-electron chi connectivity index (χ4n) is 2.32. The first-order valence-electron chi connectivity index (χ1n) is 7.00. The summed E-state index contributed by atoms with van der Waals surface area (Å²) < 4.78 is 4.94. The second-order valence-corrected chi connectivity index (χ2v) is 5.93. The number of carbonyl (C=O) groups excluding carboxylic acids is 3. The van der Waals surface area contributed by atoms with E-state index in [0.29, 0.717) is 5.02 Å². The van der Waals surface area contributed by atoms with E-state index >= 15 is 0 Å². The van der Waals surface area contributed by atoms with Crippen molar-refractivity contribution in [2.24, 2.45) is 0 Å². The molecule has 0 saturated carbocycles. The third-order valence-electron chi connectivity index (χ3n) is 3.46. The van der Waals surface area contributed by atoms with E-state index in [4.69, 9.17) is 16.3 Å². The fraction of sp³-hybridized carbons (Fsp3) is 0.400. The Morgan fingerprint density at radius 2 is 2.17 bits per heavy atom. The molecule has 23 heavy (non-hydrogen) atoms. The van der Waals surface area contributed by atoms with E-state index in [1.807, 2.05) is 6.07 Å². The molecule has 2 rings (SSSR count). The molecule has 0 bridgehead atoms. The molecule has 1 heterocycles. The molecule has 2 N–H and O–H groups in total. The summed E-state index contributed by atoms with van der Waals surface area (Å²) in [5.74, 6) is -0.919. The molecular weight excluding hydrogens is 322 g/mol. The van der Waals surface area contributed by atoms with Crippen molar-refractivity contribution in [1.82, 2.24) is 15.5 Å². The van der Waals surface area contributed by atoms with Gasteiger partial charge in [-0.2, -0.15) is 0 Å². The minimum Gasteiger partial charge on any atom is -0.382 e. The van der Waals surface area contributed by atoms with E-state index < -0.39 is 23.4 Å². The Labute approximate surface area is 138 Å². The van der Waals surface area contributed by atoms with E-state index in [1.165, 1.54) is 7.11 Å². The van der Waals surface area contributed by atoms with Crippen molar-refractivity contribution in [1.29, 1.82) is 0 Å². The molecule has 1 aliphatic rings. The van der Waals surface area contributed by atoms with Gasteiger partial charge in [-0.15, -0.1) is 0 Å². The highest BCUT2D eigenvalue weighted by atomic mass is 35.5. The number of ether oxygens (including phenoxy) is 1. The minimum atomic E-state index is -1.14. The number of nitrogens with one attached hydrogen (secondary N) is 2. The molecule has 0 radical (unpaired) electrons. The van der Waals surface area contributed by atoms with Crippen LogP contribution in [0.2, 0.25) is 5.02 Å². The number of methoxy groups -OCH3 is 1. The number of urea groups is 1. The van der Waals surface area contributed by atoms with Gasteiger partial charge in [0.15, 0.2) is 0 Å². The van der Waals surface area contributed by atoms with Crippen LogP contribution in [0.3, 0.4) is 0 Å². The summed E-state index contributed by atoms with van der Waals surface area (Å²) in [5, 5.41) is 5.75. The predicted octanol–water partition coefficient (Wildman–Crippen LogP) is 0.913. The molecule has 1 aromatic rings. The van der Waals surface area contributed by atoms with Gasteiger partial charge < -0.3 is 15.4 Å². The van der Waals surface area contributed by atoms with Gasteiger partial charge in [0.2, 0.25) is 5.91 Å². The maximum atomic E-state index is 12.2. The summed E-state index contributed by atoms with van der Waals surface area (Å²) in [7, 11) is 1.44. The van der Waals surface area contributed by atoms with Gasteiger partial charge in [-0.05, 0) is 24.6 Å². The molecule has 0 aromatic heterocycles. The standard InChI is InChI=1S/C15H18ClN3O4/c1-15(9-23-2)13(21)19(14(22)18-15)8-12(20)17-7-10-4-3-5-11(16)6-10/h3-6H,7-9H2,1-2H3,(H,17,20)(H,18,22)/t15-/m1/s1. The molecular formula is C15H18ClN3O4. The molecule has 1 aromatic carbocycles. The van der Waals surface area contributed by atoms with Crippen LogP contribution >= 0.6 is 11.6 Å². The van der Waals surface area contributed by atoms with E-state index in [9.17, 15) is 14.4 Å². The lowest BCUT2D eigenvalue weighted by Gasteiger charge is -2.20. The van der Waals surface area contributed by atoms with Crippen molar-refractivity contribution in [3.63, 3.8) is 0 Å². The van der Waals surface area contributed by atoms with Gasteiger partial charge in [-0.3, -0.25) is 14.5 Å². The quantitative estimate of drug-likeness (QED) is 0.754. The highest BCUT2D eigenvalue weighted by Crippen LogP contribution is 2.17. The predicted molar refractivity (Wildman–Crippen MR) is 83.8 cm³/mol. The Morgan fingerprint density at radius 3 is 2.83 bits per heavy atom. The number of benzene rings is 1. The first kappa shape index (κ1) is 17.2. The van der Waals surface area contributed by atoms with E-state index in [1.54, 1.807) is 25.1 Å².